The predicted octanol–water partition coefficient (Wildman–Crippen LogP) is 0.110. The summed E-state index contributed by atoms with van der Waals surface area (Å²) in [6.45, 7) is 13.0. The Morgan fingerprint density at radius 2 is 1.69 bits per heavy atom. The summed E-state index contributed by atoms with van der Waals surface area (Å²) >= 11 is 0. The number of hydrogen-bond donors (Lipinski definition) is 1. The zero-order valence-corrected chi connectivity index (χ0v) is 18.7. The van der Waals surface area contributed by atoms with Crippen LogP contribution < -0.4 is 16.1 Å². The molecular weight excluding hydrogens is 370 g/mol. The number of fused-ring (bicyclic) bond motifs is 1. The van der Waals surface area contributed by atoms with Gasteiger partial charge in [-0.3, -0.25) is 18.7 Å². The van der Waals surface area contributed by atoms with E-state index in [4.69, 9.17) is 4.98 Å². The van der Waals surface area contributed by atoms with E-state index in [-0.39, 0.29) is 12.3 Å². The SMILES string of the molecule is C[C@@H]1C[C@@H](C)C[NH+](Cc2nc3c(c(=O)n(C)c(=O)n3C)n2CC(=O)C(C)(C)C)C1. The maximum Gasteiger partial charge on any atom is 0.332 e. The van der Waals surface area contributed by atoms with Gasteiger partial charge in [0.25, 0.3) is 5.56 Å². The van der Waals surface area contributed by atoms with Crippen LogP contribution in [0.25, 0.3) is 11.2 Å². The third-order valence-corrected chi connectivity index (χ3v) is 6.05. The van der Waals surface area contributed by atoms with Crippen LogP contribution in [0, 0.1) is 17.3 Å². The second kappa shape index (κ2) is 7.55. The minimum Gasteiger partial charge on any atom is -0.328 e. The van der Waals surface area contributed by atoms with Crippen LogP contribution in [0.4, 0.5) is 0 Å². The summed E-state index contributed by atoms with van der Waals surface area (Å²) in [6.07, 6.45) is 1.22. The average Bonchev–Trinajstić information content (AvgIpc) is 2.94. The molecule has 1 N–H and O–H groups in total. The number of hydrogen-bond acceptors (Lipinski definition) is 4. The standard InChI is InChI=1S/C21H33N5O3/c1-13-8-14(2)10-25(9-13)12-16-22-18-17(19(28)24(7)20(29)23(18)6)26(16)11-15(27)21(3,4)5/h13-14H,8-12H2,1-7H3/p+1/t13-,14-/m1/s1. The number of Topliss-reactive ketones (excluding diaryl/α,β-unsaturated/α-hetero) is 1. The number of nitrogens with zero attached hydrogens (tertiary/aromatic N) is 4. The zero-order chi connectivity index (χ0) is 21.7. The van der Waals surface area contributed by atoms with Crippen LogP contribution in [0.2, 0.25) is 0 Å². The Kier molecular flexibility index (Phi) is 5.60. The van der Waals surface area contributed by atoms with E-state index in [1.807, 2.05) is 20.8 Å². The van der Waals surface area contributed by atoms with Crippen LogP contribution in [0.3, 0.4) is 0 Å². The fourth-order valence-electron chi connectivity index (χ4n) is 4.47. The molecule has 0 spiro atoms. The van der Waals surface area contributed by atoms with Gasteiger partial charge in [-0.05, 0) is 6.42 Å². The molecular formula is C21H34N5O3+. The molecule has 160 valence electrons. The molecule has 0 saturated carbocycles. The number of ketones is 1. The Morgan fingerprint density at radius 1 is 1.10 bits per heavy atom. The van der Waals surface area contributed by atoms with E-state index < -0.39 is 16.7 Å². The van der Waals surface area contributed by atoms with Crippen LogP contribution in [0.5, 0.6) is 0 Å². The van der Waals surface area contributed by atoms with Crippen molar-refractivity contribution in [3.63, 3.8) is 0 Å². The van der Waals surface area contributed by atoms with Crippen molar-refractivity contribution in [1.29, 1.82) is 0 Å². The lowest BCUT2D eigenvalue weighted by molar-refractivity contribution is -0.926. The van der Waals surface area contributed by atoms with Gasteiger partial charge in [0.1, 0.15) is 6.54 Å². The van der Waals surface area contributed by atoms with Crippen molar-refractivity contribution in [3.05, 3.63) is 26.7 Å². The molecule has 1 aliphatic heterocycles. The van der Waals surface area contributed by atoms with Crippen LogP contribution in [-0.2, 0) is 32.0 Å². The van der Waals surface area contributed by atoms with Crippen LogP contribution in [-0.4, -0.2) is 37.6 Å². The number of likely N-dealkylation sites (tertiary alicyclic amines) is 1. The lowest BCUT2D eigenvalue weighted by atomic mass is 9.91. The van der Waals surface area contributed by atoms with Gasteiger partial charge in [-0.25, -0.2) is 9.78 Å². The van der Waals surface area contributed by atoms with Crippen LogP contribution >= 0.6 is 0 Å². The molecule has 8 heteroatoms. The summed E-state index contributed by atoms with van der Waals surface area (Å²) in [5, 5.41) is 0. The average molecular weight is 405 g/mol. The van der Waals surface area contributed by atoms with Gasteiger partial charge in [0.2, 0.25) is 0 Å². The molecule has 1 saturated heterocycles. The molecule has 0 unspecified atom stereocenters. The molecule has 0 aromatic carbocycles. The zero-order valence-electron chi connectivity index (χ0n) is 18.7. The highest BCUT2D eigenvalue weighted by Gasteiger charge is 2.30. The molecule has 1 aliphatic rings. The van der Waals surface area contributed by atoms with Crippen molar-refractivity contribution in [2.24, 2.45) is 31.3 Å². The number of nitrogens with one attached hydrogen (secondary N) is 1. The van der Waals surface area contributed by atoms with E-state index in [1.54, 1.807) is 11.6 Å². The molecule has 1 fully saturated rings. The summed E-state index contributed by atoms with van der Waals surface area (Å²) in [7, 11) is 3.08. The van der Waals surface area contributed by atoms with Crippen molar-refractivity contribution in [2.45, 2.75) is 54.1 Å². The molecule has 2 aromatic rings. The first-order chi connectivity index (χ1) is 13.4. The van der Waals surface area contributed by atoms with E-state index in [9.17, 15) is 14.4 Å². The molecule has 29 heavy (non-hydrogen) atoms. The summed E-state index contributed by atoms with van der Waals surface area (Å²) in [5.74, 6) is 1.98. The first kappa shape index (κ1) is 21.5. The topological polar surface area (TPSA) is 83.3 Å². The molecule has 3 rings (SSSR count). The van der Waals surface area contributed by atoms with E-state index in [1.165, 1.54) is 22.9 Å². The highest BCUT2D eigenvalue weighted by atomic mass is 16.2. The van der Waals surface area contributed by atoms with Crippen molar-refractivity contribution in [1.82, 2.24) is 18.7 Å². The number of carbonyl (C=O) groups excluding carboxylic acids is 1. The number of rotatable bonds is 4. The maximum absolute atomic E-state index is 12.9. The van der Waals surface area contributed by atoms with Crippen LogP contribution in [0.15, 0.2) is 9.59 Å². The maximum atomic E-state index is 12.9. The van der Waals surface area contributed by atoms with Gasteiger partial charge in [-0.15, -0.1) is 0 Å². The van der Waals surface area contributed by atoms with Crippen molar-refractivity contribution >= 4 is 16.9 Å². The third kappa shape index (κ3) is 4.08. The monoisotopic (exact) mass is 404 g/mol. The smallest absolute Gasteiger partial charge is 0.328 e. The van der Waals surface area contributed by atoms with Gasteiger partial charge in [0.05, 0.1) is 19.6 Å². The van der Waals surface area contributed by atoms with Gasteiger partial charge >= 0.3 is 5.69 Å². The first-order valence-corrected chi connectivity index (χ1v) is 10.4. The Balaban J connectivity index is 2.15. The number of carbonyl (C=O) groups is 1. The minimum atomic E-state index is -0.527. The lowest BCUT2D eigenvalue weighted by Crippen LogP contribution is -3.13. The second-order valence-electron chi connectivity index (χ2n) is 9.95. The number of piperidine rings is 1. The van der Waals surface area contributed by atoms with Gasteiger partial charge in [-0.2, -0.15) is 0 Å². The van der Waals surface area contributed by atoms with Crippen molar-refractivity contribution in [3.8, 4) is 0 Å². The first-order valence-electron chi connectivity index (χ1n) is 10.4. The molecule has 0 bridgehead atoms. The normalized spacial score (nSPS) is 22.9. The van der Waals surface area contributed by atoms with E-state index in [0.717, 1.165) is 17.7 Å². The second-order valence-corrected chi connectivity index (χ2v) is 9.95. The summed E-state index contributed by atoms with van der Waals surface area (Å²) < 4.78 is 4.24. The molecule has 0 amide bonds. The summed E-state index contributed by atoms with van der Waals surface area (Å²) in [5.41, 5.74) is -0.653. The summed E-state index contributed by atoms with van der Waals surface area (Å²) in [4.78, 5) is 44.3. The fourth-order valence-corrected chi connectivity index (χ4v) is 4.47. The van der Waals surface area contributed by atoms with Gasteiger partial charge in [-0.1, -0.05) is 34.6 Å². The highest BCUT2D eigenvalue weighted by molar-refractivity contribution is 5.85. The molecule has 2 aromatic heterocycles. The van der Waals surface area contributed by atoms with E-state index in [0.29, 0.717) is 35.4 Å². The number of aromatic nitrogens is 4. The fraction of sp³-hybridized carbons (Fsp3) is 0.714. The number of aryl methyl sites for hydroxylation is 1. The molecule has 0 radical (unpaired) electrons. The largest absolute Gasteiger partial charge is 0.332 e. The predicted molar refractivity (Wildman–Crippen MR) is 112 cm³/mol. The van der Waals surface area contributed by atoms with Gasteiger partial charge < -0.3 is 9.47 Å². The van der Waals surface area contributed by atoms with Gasteiger partial charge in [0.15, 0.2) is 22.8 Å². The molecule has 2 atom stereocenters. The molecule has 8 nitrogen and oxygen atoms in total. The quantitative estimate of drug-likeness (QED) is 0.784. The van der Waals surface area contributed by atoms with Crippen LogP contribution in [0.1, 0.15) is 46.9 Å². The molecule has 3 heterocycles. The summed E-state index contributed by atoms with van der Waals surface area (Å²) in [6, 6.07) is 0. The number of imidazole rings is 1. The van der Waals surface area contributed by atoms with E-state index >= 15 is 0 Å². The van der Waals surface area contributed by atoms with Crippen molar-refractivity contribution in [2.75, 3.05) is 13.1 Å². The van der Waals surface area contributed by atoms with Crippen molar-refractivity contribution < 1.29 is 9.69 Å². The Morgan fingerprint density at radius 3 is 2.24 bits per heavy atom. The Hall–Kier alpha value is -2.22. The highest BCUT2D eigenvalue weighted by Crippen LogP contribution is 2.19. The lowest BCUT2D eigenvalue weighted by Gasteiger charge is -2.31. The Labute approximate surface area is 171 Å². The van der Waals surface area contributed by atoms with Gasteiger partial charge in [0, 0.05) is 31.3 Å². The number of quaternary nitrogens is 1. The van der Waals surface area contributed by atoms with E-state index in [2.05, 4.69) is 13.8 Å². The minimum absolute atomic E-state index is 0.0318. The third-order valence-electron chi connectivity index (χ3n) is 6.05. The Bertz CT molecular complexity index is 1040. The molecule has 0 aliphatic carbocycles.